The van der Waals surface area contributed by atoms with Crippen molar-refractivity contribution in [2.24, 2.45) is 0 Å². The van der Waals surface area contributed by atoms with Crippen molar-refractivity contribution in [3.8, 4) is 0 Å². The van der Waals surface area contributed by atoms with Crippen LogP contribution >= 0.6 is 12.4 Å². The molecule has 27 heavy (non-hydrogen) atoms. The van der Waals surface area contributed by atoms with Gasteiger partial charge < -0.3 is 16.0 Å². The van der Waals surface area contributed by atoms with Gasteiger partial charge in [0.05, 0.1) is 0 Å². The van der Waals surface area contributed by atoms with Gasteiger partial charge in [0.2, 0.25) is 5.91 Å². The number of imide groups is 1. The Bertz CT molecular complexity index is 776. The van der Waals surface area contributed by atoms with Crippen molar-refractivity contribution in [2.75, 3.05) is 23.7 Å². The zero-order valence-corrected chi connectivity index (χ0v) is 16.0. The van der Waals surface area contributed by atoms with Gasteiger partial charge in [0.25, 0.3) is 5.91 Å². The van der Waals surface area contributed by atoms with Crippen molar-refractivity contribution in [1.82, 2.24) is 10.2 Å². The van der Waals surface area contributed by atoms with E-state index in [2.05, 4.69) is 5.32 Å². The number of benzene rings is 1. The number of nitrogen functional groups attached to an aromatic ring is 1. The lowest BCUT2D eigenvalue weighted by Crippen LogP contribution is -2.44. The number of rotatable bonds is 3. The Morgan fingerprint density at radius 3 is 2.67 bits per heavy atom. The summed E-state index contributed by atoms with van der Waals surface area (Å²) in [6.45, 7) is 0.763. The smallest absolute Gasteiger partial charge is 0.325 e. The number of nitrogens with two attached hydrogens (primary N) is 1. The minimum atomic E-state index is -0.716. The van der Waals surface area contributed by atoms with E-state index in [9.17, 15) is 14.4 Å². The Morgan fingerprint density at radius 1 is 1.19 bits per heavy atom. The van der Waals surface area contributed by atoms with Crippen LogP contribution in [0.5, 0.6) is 0 Å². The Balaban J connectivity index is 0.00000210. The third-order valence-electron chi connectivity index (χ3n) is 5.84. The minimum absolute atomic E-state index is 0. The van der Waals surface area contributed by atoms with E-state index in [1.54, 1.807) is 4.90 Å². The number of hydrogen-bond donors (Lipinski definition) is 2. The second-order valence-electron chi connectivity index (χ2n) is 7.42. The van der Waals surface area contributed by atoms with Crippen molar-refractivity contribution < 1.29 is 14.4 Å². The molecule has 0 atom stereocenters. The predicted octanol–water partition coefficient (Wildman–Crippen LogP) is 2.22. The Labute approximate surface area is 164 Å². The number of nitrogens with zero attached hydrogens (tertiary/aromatic N) is 2. The highest BCUT2D eigenvalue weighted by molar-refractivity contribution is 6.07. The zero-order valence-electron chi connectivity index (χ0n) is 15.2. The van der Waals surface area contributed by atoms with E-state index in [1.807, 2.05) is 18.2 Å². The number of fused-ring (bicyclic) bond motifs is 1. The van der Waals surface area contributed by atoms with Crippen molar-refractivity contribution in [3.05, 3.63) is 23.8 Å². The molecule has 3 N–H and O–H groups in total. The lowest BCUT2D eigenvalue weighted by molar-refractivity contribution is -0.131. The number of urea groups is 1. The average Bonchev–Trinajstić information content (AvgIpc) is 3.19. The molecule has 0 aromatic heterocycles. The van der Waals surface area contributed by atoms with Crippen molar-refractivity contribution >= 4 is 41.6 Å². The van der Waals surface area contributed by atoms with Gasteiger partial charge in [0, 0.05) is 30.9 Å². The summed E-state index contributed by atoms with van der Waals surface area (Å²) in [5.41, 5.74) is 7.89. The molecule has 146 valence electrons. The van der Waals surface area contributed by atoms with Crippen LogP contribution in [0.4, 0.5) is 16.2 Å². The van der Waals surface area contributed by atoms with E-state index in [-0.39, 0.29) is 43.2 Å². The fourth-order valence-corrected chi connectivity index (χ4v) is 4.45. The minimum Gasteiger partial charge on any atom is -0.398 e. The Hall–Kier alpha value is -2.28. The van der Waals surface area contributed by atoms with Crippen LogP contribution in [0.15, 0.2) is 18.2 Å². The number of anilines is 2. The van der Waals surface area contributed by atoms with Crippen LogP contribution in [0.3, 0.4) is 0 Å². The lowest BCUT2D eigenvalue weighted by atomic mass is 9.98. The zero-order chi connectivity index (χ0) is 18.3. The van der Waals surface area contributed by atoms with Crippen molar-refractivity contribution in [2.45, 2.75) is 50.5 Å². The fourth-order valence-electron chi connectivity index (χ4n) is 4.45. The molecular weight excluding hydrogens is 368 g/mol. The summed E-state index contributed by atoms with van der Waals surface area (Å²) in [5, 5.41) is 2.85. The third kappa shape index (κ3) is 3.25. The van der Waals surface area contributed by atoms with Gasteiger partial charge in [-0.3, -0.25) is 14.5 Å². The number of nitrogens with one attached hydrogen (secondary N) is 1. The van der Waals surface area contributed by atoms with Gasteiger partial charge in [0.1, 0.15) is 5.54 Å². The van der Waals surface area contributed by atoms with E-state index < -0.39 is 5.54 Å². The van der Waals surface area contributed by atoms with Crippen LogP contribution in [0.2, 0.25) is 0 Å². The molecule has 0 radical (unpaired) electrons. The fraction of sp³-hybridized carbons (Fsp3) is 0.526. The Morgan fingerprint density at radius 2 is 1.93 bits per heavy atom. The summed E-state index contributed by atoms with van der Waals surface area (Å²) in [5.74, 6) is -0.249. The molecule has 4 rings (SSSR count). The maximum absolute atomic E-state index is 12.8. The highest BCUT2D eigenvalue weighted by atomic mass is 35.5. The molecule has 3 aliphatic rings. The first-order valence-electron chi connectivity index (χ1n) is 9.34. The number of hydrogen-bond acceptors (Lipinski definition) is 4. The van der Waals surface area contributed by atoms with Gasteiger partial charge in [-0.2, -0.15) is 0 Å². The van der Waals surface area contributed by atoms with Crippen LogP contribution in [-0.4, -0.2) is 41.4 Å². The average molecular weight is 393 g/mol. The van der Waals surface area contributed by atoms with Crippen LogP contribution in [0, 0.1) is 0 Å². The predicted molar refractivity (Wildman–Crippen MR) is 105 cm³/mol. The molecule has 1 aromatic rings. The topological polar surface area (TPSA) is 95.7 Å². The standard InChI is InChI=1S/C19H24N4O3.ClH/c20-14-6-3-7-15-13(14)5-4-11-22(15)16(24)8-12-23-17(25)19(21-18(23)26)9-1-2-10-19;/h3,6-7H,1-2,4-5,8-12,20H2,(H,21,26);1H. The monoisotopic (exact) mass is 392 g/mol. The third-order valence-corrected chi connectivity index (χ3v) is 5.84. The summed E-state index contributed by atoms with van der Waals surface area (Å²) in [6, 6.07) is 5.24. The van der Waals surface area contributed by atoms with Gasteiger partial charge in [0.15, 0.2) is 0 Å². The molecule has 8 heteroatoms. The molecule has 0 unspecified atom stereocenters. The molecule has 0 bridgehead atoms. The summed E-state index contributed by atoms with van der Waals surface area (Å²) in [4.78, 5) is 40.6. The first-order valence-corrected chi connectivity index (χ1v) is 9.34. The van der Waals surface area contributed by atoms with Crippen molar-refractivity contribution in [3.63, 3.8) is 0 Å². The second-order valence-corrected chi connectivity index (χ2v) is 7.42. The normalized spacial score (nSPS) is 20.4. The maximum atomic E-state index is 12.8. The lowest BCUT2D eigenvalue weighted by Gasteiger charge is -2.30. The van der Waals surface area contributed by atoms with Crippen LogP contribution in [-0.2, 0) is 16.0 Å². The molecule has 1 aliphatic carbocycles. The van der Waals surface area contributed by atoms with Crippen LogP contribution in [0.1, 0.15) is 44.1 Å². The first kappa shape index (κ1) is 19.5. The molecule has 1 aromatic carbocycles. The summed E-state index contributed by atoms with van der Waals surface area (Å²) < 4.78 is 0. The van der Waals surface area contributed by atoms with Crippen LogP contribution in [0.25, 0.3) is 0 Å². The van der Waals surface area contributed by atoms with Crippen molar-refractivity contribution in [1.29, 1.82) is 0 Å². The van der Waals surface area contributed by atoms with Crippen LogP contribution < -0.4 is 16.0 Å². The second kappa shape index (κ2) is 7.38. The first-order chi connectivity index (χ1) is 12.5. The number of amides is 4. The highest BCUT2D eigenvalue weighted by Gasteiger charge is 2.52. The maximum Gasteiger partial charge on any atom is 0.325 e. The molecule has 1 spiro atoms. The van der Waals surface area contributed by atoms with Gasteiger partial charge in [-0.05, 0) is 43.4 Å². The van der Waals surface area contributed by atoms with E-state index >= 15 is 0 Å². The number of halogens is 1. The molecule has 2 fully saturated rings. The molecule has 1 saturated heterocycles. The SMILES string of the molecule is Cl.Nc1cccc2c1CCCN2C(=O)CCN1C(=O)NC2(CCCC2)C1=O. The molecule has 2 aliphatic heterocycles. The molecule has 4 amide bonds. The molecule has 7 nitrogen and oxygen atoms in total. The van der Waals surface area contributed by atoms with Gasteiger partial charge in [-0.25, -0.2) is 4.79 Å². The van der Waals surface area contributed by atoms with E-state index in [4.69, 9.17) is 5.73 Å². The number of carbonyl (C=O) groups is 3. The molecular formula is C19H25ClN4O3. The summed E-state index contributed by atoms with van der Waals surface area (Å²) in [6.07, 6.45) is 5.14. The Kier molecular flexibility index (Phi) is 5.33. The largest absolute Gasteiger partial charge is 0.398 e. The molecule has 2 heterocycles. The number of carbonyl (C=O) groups excluding carboxylic acids is 3. The molecule has 1 saturated carbocycles. The van der Waals surface area contributed by atoms with Gasteiger partial charge in [-0.15, -0.1) is 12.4 Å². The summed E-state index contributed by atoms with van der Waals surface area (Å²) in [7, 11) is 0. The van der Waals surface area contributed by atoms with E-state index in [0.29, 0.717) is 25.1 Å². The summed E-state index contributed by atoms with van der Waals surface area (Å²) >= 11 is 0. The van der Waals surface area contributed by atoms with Gasteiger partial charge in [-0.1, -0.05) is 18.9 Å². The van der Waals surface area contributed by atoms with E-state index in [1.165, 1.54) is 4.90 Å². The van der Waals surface area contributed by atoms with Gasteiger partial charge >= 0.3 is 6.03 Å². The quantitative estimate of drug-likeness (QED) is 0.609. The highest BCUT2D eigenvalue weighted by Crippen LogP contribution is 2.35. The van der Waals surface area contributed by atoms with E-state index in [0.717, 1.165) is 36.9 Å².